The average Bonchev–Trinajstić information content (AvgIpc) is 2.96. The van der Waals surface area contributed by atoms with Crippen LogP contribution in [0.5, 0.6) is 0 Å². The molecule has 1 rings (SSSR count). The summed E-state index contributed by atoms with van der Waals surface area (Å²) in [5.41, 5.74) is 0. The Morgan fingerprint density at radius 3 is 2.42 bits per heavy atom. The SMILES string of the molecule is CCCCC/C=C/CCCCCCO[C@H]1CO[C@H]([C@H](O)CO)[C@@H]1O. The van der Waals surface area contributed by atoms with E-state index in [9.17, 15) is 10.2 Å². The lowest BCUT2D eigenvalue weighted by molar-refractivity contribution is -0.0730. The molecule has 0 saturated carbocycles. The van der Waals surface area contributed by atoms with Gasteiger partial charge in [0.25, 0.3) is 0 Å². The quantitative estimate of drug-likeness (QED) is 0.333. The number of aliphatic hydroxyl groups is 3. The van der Waals surface area contributed by atoms with Gasteiger partial charge >= 0.3 is 0 Å². The van der Waals surface area contributed by atoms with E-state index < -0.39 is 31.0 Å². The van der Waals surface area contributed by atoms with Gasteiger partial charge in [-0.2, -0.15) is 0 Å². The highest BCUT2D eigenvalue weighted by Crippen LogP contribution is 2.20. The van der Waals surface area contributed by atoms with E-state index in [-0.39, 0.29) is 6.61 Å². The molecule has 0 aromatic rings. The van der Waals surface area contributed by atoms with Crippen LogP contribution in [-0.2, 0) is 9.47 Å². The topological polar surface area (TPSA) is 79.2 Å². The van der Waals surface area contributed by atoms with Gasteiger partial charge in [0.15, 0.2) is 0 Å². The minimum Gasteiger partial charge on any atom is -0.394 e. The van der Waals surface area contributed by atoms with E-state index in [1.165, 1.54) is 38.5 Å². The molecule has 0 aliphatic carbocycles. The van der Waals surface area contributed by atoms with Crippen LogP contribution in [-0.4, -0.2) is 59.6 Å². The lowest BCUT2D eigenvalue weighted by atomic mass is 10.1. The summed E-state index contributed by atoms with van der Waals surface area (Å²) in [4.78, 5) is 0. The molecule has 0 radical (unpaired) electrons. The maximum atomic E-state index is 10.00. The monoisotopic (exact) mass is 344 g/mol. The summed E-state index contributed by atoms with van der Waals surface area (Å²) in [5, 5.41) is 28.4. The zero-order valence-electron chi connectivity index (χ0n) is 15.1. The van der Waals surface area contributed by atoms with Gasteiger partial charge in [-0.15, -0.1) is 0 Å². The van der Waals surface area contributed by atoms with Crippen molar-refractivity contribution in [3.63, 3.8) is 0 Å². The summed E-state index contributed by atoms with van der Waals surface area (Å²) in [6.45, 7) is 2.68. The van der Waals surface area contributed by atoms with Gasteiger partial charge in [-0.25, -0.2) is 0 Å². The third-order valence-corrected chi connectivity index (χ3v) is 4.47. The largest absolute Gasteiger partial charge is 0.394 e. The summed E-state index contributed by atoms with van der Waals surface area (Å²) in [5.74, 6) is 0. The highest BCUT2D eigenvalue weighted by molar-refractivity contribution is 4.88. The van der Waals surface area contributed by atoms with Gasteiger partial charge in [-0.05, 0) is 32.1 Å². The third kappa shape index (κ3) is 8.58. The predicted octanol–water partition coefficient (Wildman–Crippen LogP) is 2.57. The molecule has 24 heavy (non-hydrogen) atoms. The first-order valence-corrected chi connectivity index (χ1v) is 9.55. The normalized spacial score (nSPS) is 25.6. The van der Waals surface area contributed by atoms with Gasteiger partial charge in [0, 0.05) is 6.61 Å². The van der Waals surface area contributed by atoms with E-state index in [1.807, 2.05) is 0 Å². The molecule has 5 nitrogen and oxygen atoms in total. The molecule has 0 aromatic heterocycles. The van der Waals surface area contributed by atoms with Crippen LogP contribution in [0.4, 0.5) is 0 Å². The number of hydrogen-bond acceptors (Lipinski definition) is 5. The molecule has 1 fully saturated rings. The highest BCUT2D eigenvalue weighted by Gasteiger charge is 2.40. The summed E-state index contributed by atoms with van der Waals surface area (Å²) in [6.07, 6.45) is 12.3. The van der Waals surface area contributed by atoms with E-state index in [2.05, 4.69) is 19.1 Å². The highest BCUT2D eigenvalue weighted by atomic mass is 16.6. The second-order valence-corrected chi connectivity index (χ2v) is 6.62. The molecule has 1 saturated heterocycles. The van der Waals surface area contributed by atoms with E-state index in [1.54, 1.807) is 0 Å². The van der Waals surface area contributed by atoms with Gasteiger partial charge in [-0.3, -0.25) is 0 Å². The summed E-state index contributed by atoms with van der Waals surface area (Å²) >= 11 is 0. The number of hydrogen-bond donors (Lipinski definition) is 3. The zero-order valence-corrected chi connectivity index (χ0v) is 15.1. The number of allylic oxidation sites excluding steroid dienone is 2. The zero-order chi connectivity index (χ0) is 17.6. The van der Waals surface area contributed by atoms with Gasteiger partial charge in [-0.1, -0.05) is 44.8 Å². The predicted molar refractivity (Wildman–Crippen MR) is 94.9 cm³/mol. The Labute approximate surface area is 146 Å². The average molecular weight is 344 g/mol. The van der Waals surface area contributed by atoms with Crippen molar-refractivity contribution in [1.29, 1.82) is 0 Å². The number of aliphatic hydroxyl groups excluding tert-OH is 3. The van der Waals surface area contributed by atoms with Crippen LogP contribution in [0.1, 0.15) is 64.7 Å². The van der Waals surface area contributed by atoms with Crippen molar-refractivity contribution in [2.75, 3.05) is 19.8 Å². The first kappa shape index (κ1) is 21.6. The maximum absolute atomic E-state index is 10.00. The second kappa shape index (κ2) is 13.8. The second-order valence-electron chi connectivity index (χ2n) is 6.62. The van der Waals surface area contributed by atoms with Gasteiger partial charge < -0.3 is 24.8 Å². The van der Waals surface area contributed by atoms with Crippen LogP contribution in [0.15, 0.2) is 12.2 Å². The molecule has 4 atom stereocenters. The minimum absolute atomic E-state index is 0.270. The third-order valence-electron chi connectivity index (χ3n) is 4.47. The van der Waals surface area contributed by atoms with Crippen molar-refractivity contribution in [3.8, 4) is 0 Å². The first-order valence-electron chi connectivity index (χ1n) is 9.55. The molecule has 142 valence electrons. The fourth-order valence-corrected chi connectivity index (χ4v) is 2.90. The Kier molecular flexibility index (Phi) is 12.4. The van der Waals surface area contributed by atoms with Crippen LogP contribution in [0.3, 0.4) is 0 Å². The van der Waals surface area contributed by atoms with Crippen molar-refractivity contribution < 1.29 is 24.8 Å². The van der Waals surface area contributed by atoms with E-state index in [0.717, 1.165) is 19.3 Å². The number of ether oxygens (including phenoxy) is 2. The molecule has 1 aliphatic rings. The van der Waals surface area contributed by atoms with Crippen molar-refractivity contribution in [1.82, 2.24) is 0 Å². The molecule has 1 aliphatic heterocycles. The van der Waals surface area contributed by atoms with Gasteiger partial charge in [0.1, 0.15) is 24.4 Å². The van der Waals surface area contributed by atoms with Crippen molar-refractivity contribution in [3.05, 3.63) is 12.2 Å². The Morgan fingerprint density at radius 2 is 1.75 bits per heavy atom. The molecular formula is C19H36O5. The smallest absolute Gasteiger partial charge is 0.114 e. The van der Waals surface area contributed by atoms with Gasteiger partial charge in [0.2, 0.25) is 0 Å². The molecule has 1 heterocycles. The van der Waals surface area contributed by atoms with Crippen LogP contribution < -0.4 is 0 Å². The standard InChI is InChI=1S/C19H36O5/c1-2-3-4-5-6-7-8-9-10-11-12-13-23-17-15-24-19(18(17)22)16(21)14-20/h6-7,16-22H,2-5,8-15H2,1H3/b7-6+/t16-,17+,18-,19-/m1/s1. The van der Waals surface area contributed by atoms with E-state index >= 15 is 0 Å². The fourth-order valence-electron chi connectivity index (χ4n) is 2.90. The van der Waals surface area contributed by atoms with Crippen LogP contribution in [0, 0.1) is 0 Å². The Hall–Kier alpha value is -0.460. The molecule has 5 heteroatoms. The molecule has 3 N–H and O–H groups in total. The van der Waals surface area contributed by atoms with Crippen LogP contribution in [0.25, 0.3) is 0 Å². The summed E-state index contributed by atoms with van der Waals surface area (Å²) in [6, 6.07) is 0. The number of rotatable bonds is 14. The Bertz CT molecular complexity index is 321. The Balaban J connectivity index is 1.94. The fraction of sp³-hybridized carbons (Fsp3) is 0.895. The summed E-state index contributed by atoms with van der Waals surface area (Å²) < 4.78 is 10.9. The van der Waals surface area contributed by atoms with Crippen LogP contribution >= 0.6 is 0 Å². The van der Waals surface area contributed by atoms with Crippen LogP contribution in [0.2, 0.25) is 0 Å². The lowest BCUT2D eigenvalue weighted by Gasteiger charge is -2.20. The maximum Gasteiger partial charge on any atom is 0.114 e. The number of unbranched alkanes of at least 4 members (excludes halogenated alkanes) is 7. The van der Waals surface area contributed by atoms with Crippen molar-refractivity contribution >= 4 is 0 Å². The minimum atomic E-state index is -1.05. The molecule has 0 aromatic carbocycles. The molecule has 0 bridgehead atoms. The van der Waals surface area contributed by atoms with Gasteiger partial charge in [0.05, 0.1) is 13.2 Å². The van der Waals surface area contributed by atoms with Crippen molar-refractivity contribution in [2.45, 2.75) is 89.1 Å². The molecular weight excluding hydrogens is 308 g/mol. The first-order chi connectivity index (χ1) is 11.7. The molecule has 0 spiro atoms. The lowest BCUT2D eigenvalue weighted by Crippen LogP contribution is -2.41. The summed E-state index contributed by atoms with van der Waals surface area (Å²) in [7, 11) is 0. The molecule has 0 amide bonds. The van der Waals surface area contributed by atoms with Crippen molar-refractivity contribution in [2.24, 2.45) is 0 Å². The molecule has 0 unspecified atom stereocenters. The Morgan fingerprint density at radius 1 is 1.08 bits per heavy atom. The van der Waals surface area contributed by atoms with E-state index in [0.29, 0.717) is 6.61 Å². The van der Waals surface area contributed by atoms with E-state index in [4.69, 9.17) is 14.6 Å².